The third-order valence-electron chi connectivity index (χ3n) is 1.96. The maximum absolute atomic E-state index is 12.4. The molecule has 0 bridgehead atoms. The molecule has 0 heterocycles. The van der Waals surface area contributed by atoms with Crippen LogP contribution in [0.15, 0.2) is 18.2 Å². The summed E-state index contributed by atoms with van der Waals surface area (Å²) in [5.41, 5.74) is -1.71. The fraction of sp³-hybridized carbons (Fsp3) is 0.273. The summed E-state index contributed by atoms with van der Waals surface area (Å²) in [5.74, 6) is 5.11. The van der Waals surface area contributed by atoms with Gasteiger partial charge in [-0.05, 0) is 12.1 Å². The van der Waals surface area contributed by atoms with Gasteiger partial charge < -0.3 is 0 Å². The third kappa shape index (κ3) is 3.74. The number of halogens is 4. The molecular weight excluding hydrogens is 315 g/mol. The van der Waals surface area contributed by atoms with Gasteiger partial charge in [0.1, 0.15) is 5.56 Å². The van der Waals surface area contributed by atoms with E-state index in [1.165, 1.54) is 0 Å². The standard InChI is InChI=1S/C11H7BrF3NO2/c12-6-2-1-3-8-4-5-9(11(13,14)15)7-10(8)16(17)18/h4-5,7H,2,6H2. The molecule has 0 amide bonds. The van der Waals surface area contributed by atoms with Gasteiger partial charge in [-0.2, -0.15) is 13.2 Å². The number of nitrogens with zero attached hydrogens (tertiary/aromatic N) is 1. The van der Waals surface area contributed by atoms with Crippen LogP contribution >= 0.6 is 15.9 Å². The number of nitro benzene ring substituents is 1. The van der Waals surface area contributed by atoms with Crippen LogP contribution in [0.1, 0.15) is 17.5 Å². The Hall–Kier alpha value is -1.55. The normalized spacial score (nSPS) is 10.7. The summed E-state index contributed by atoms with van der Waals surface area (Å²) in [4.78, 5) is 9.83. The van der Waals surface area contributed by atoms with E-state index in [4.69, 9.17) is 0 Å². The smallest absolute Gasteiger partial charge is 0.258 e. The molecule has 1 aromatic rings. The fourth-order valence-electron chi connectivity index (χ4n) is 1.17. The Balaban J connectivity index is 3.23. The lowest BCUT2D eigenvalue weighted by Crippen LogP contribution is -2.06. The van der Waals surface area contributed by atoms with E-state index in [0.29, 0.717) is 17.8 Å². The molecule has 3 nitrogen and oxygen atoms in total. The summed E-state index contributed by atoms with van der Waals surface area (Å²) >= 11 is 3.12. The molecule has 0 radical (unpaired) electrons. The van der Waals surface area contributed by atoms with Crippen molar-refractivity contribution in [2.75, 3.05) is 5.33 Å². The predicted molar refractivity (Wildman–Crippen MR) is 63.4 cm³/mol. The quantitative estimate of drug-likeness (QED) is 0.360. The van der Waals surface area contributed by atoms with Crippen LogP contribution in [-0.2, 0) is 6.18 Å². The summed E-state index contributed by atoms with van der Waals surface area (Å²) in [6.45, 7) is 0. The van der Waals surface area contributed by atoms with Crippen LogP contribution in [0.5, 0.6) is 0 Å². The van der Waals surface area contributed by atoms with Gasteiger partial charge in [0.25, 0.3) is 5.69 Å². The van der Waals surface area contributed by atoms with E-state index in [1.54, 1.807) is 0 Å². The largest absolute Gasteiger partial charge is 0.416 e. The Labute approximate surface area is 109 Å². The van der Waals surface area contributed by atoms with Crippen molar-refractivity contribution in [3.8, 4) is 11.8 Å². The Kier molecular flexibility index (Phi) is 4.73. The van der Waals surface area contributed by atoms with Crippen molar-refractivity contribution >= 4 is 21.6 Å². The van der Waals surface area contributed by atoms with E-state index in [-0.39, 0.29) is 5.56 Å². The van der Waals surface area contributed by atoms with Gasteiger partial charge in [0.15, 0.2) is 0 Å². The second-order valence-electron chi connectivity index (χ2n) is 3.23. The lowest BCUT2D eigenvalue weighted by atomic mass is 10.1. The van der Waals surface area contributed by atoms with Crippen molar-refractivity contribution in [2.45, 2.75) is 12.6 Å². The van der Waals surface area contributed by atoms with Crippen LogP contribution in [0.2, 0.25) is 0 Å². The zero-order valence-corrected chi connectivity index (χ0v) is 10.5. The third-order valence-corrected chi connectivity index (χ3v) is 2.36. The fourth-order valence-corrected chi connectivity index (χ4v) is 1.37. The van der Waals surface area contributed by atoms with Gasteiger partial charge in [-0.15, -0.1) is 0 Å². The second kappa shape index (κ2) is 5.87. The molecule has 0 N–H and O–H groups in total. The summed E-state index contributed by atoms with van der Waals surface area (Å²) < 4.78 is 37.2. The first kappa shape index (κ1) is 14.5. The molecule has 96 valence electrons. The predicted octanol–water partition coefficient (Wildman–Crippen LogP) is 3.75. The molecule has 0 atom stereocenters. The SMILES string of the molecule is O=[N+]([O-])c1cc(C(F)(F)F)ccc1C#CCCBr. The highest BCUT2D eigenvalue weighted by Gasteiger charge is 2.32. The molecular formula is C11H7BrF3NO2. The molecule has 0 aliphatic rings. The Bertz CT molecular complexity index is 517. The molecule has 0 aliphatic heterocycles. The first-order chi connectivity index (χ1) is 8.36. The van der Waals surface area contributed by atoms with Crippen molar-refractivity contribution < 1.29 is 18.1 Å². The van der Waals surface area contributed by atoms with E-state index in [0.717, 1.165) is 12.1 Å². The van der Waals surface area contributed by atoms with Gasteiger partial charge >= 0.3 is 6.18 Å². The van der Waals surface area contributed by atoms with Crippen LogP contribution in [0.25, 0.3) is 0 Å². The maximum atomic E-state index is 12.4. The van der Waals surface area contributed by atoms with Crippen LogP contribution in [0, 0.1) is 22.0 Å². The minimum Gasteiger partial charge on any atom is -0.258 e. The molecule has 0 spiro atoms. The molecule has 0 unspecified atom stereocenters. The average molecular weight is 322 g/mol. The van der Waals surface area contributed by atoms with Gasteiger partial charge in [-0.1, -0.05) is 27.8 Å². The highest BCUT2D eigenvalue weighted by Crippen LogP contribution is 2.32. The van der Waals surface area contributed by atoms with Crippen LogP contribution < -0.4 is 0 Å². The van der Waals surface area contributed by atoms with Gasteiger partial charge in [0, 0.05) is 17.8 Å². The number of alkyl halides is 4. The molecule has 0 fully saturated rings. The Morgan fingerprint density at radius 3 is 2.56 bits per heavy atom. The molecule has 18 heavy (non-hydrogen) atoms. The van der Waals surface area contributed by atoms with Crippen molar-refractivity contribution in [2.24, 2.45) is 0 Å². The minimum atomic E-state index is -4.60. The number of nitro groups is 1. The van der Waals surface area contributed by atoms with E-state index in [1.807, 2.05) is 0 Å². The van der Waals surface area contributed by atoms with Crippen molar-refractivity contribution in [3.63, 3.8) is 0 Å². The van der Waals surface area contributed by atoms with Crippen molar-refractivity contribution in [1.82, 2.24) is 0 Å². The molecule has 0 aliphatic carbocycles. The van der Waals surface area contributed by atoms with Crippen LogP contribution in [0.3, 0.4) is 0 Å². The van der Waals surface area contributed by atoms with Crippen molar-refractivity contribution in [3.05, 3.63) is 39.4 Å². The molecule has 0 saturated heterocycles. The van der Waals surface area contributed by atoms with Crippen molar-refractivity contribution in [1.29, 1.82) is 0 Å². The summed E-state index contributed by atoms with van der Waals surface area (Å²) in [6, 6.07) is 2.30. The van der Waals surface area contributed by atoms with Gasteiger partial charge in [-0.25, -0.2) is 0 Å². The first-order valence-electron chi connectivity index (χ1n) is 4.76. The van der Waals surface area contributed by atoms with E-state index >= 15 is 0 Å². The Morgan fingerprint density at radius 2 is 2.06 bits per heavy atom. The average Bonchev–Trinajstić information content (AvgIpc) is 2.28. The van der Waals surface area contributed by atoms with E-state index < -0.39 is 22.4 Å². The van der Waals surface area contributed by atoms with Crippen LogP contribution in [0.4, 0.5) is 18.9 Å². The summed E-state index contributed by atoms with van der Waals surface area (Å²) in [7, 11) is 0. The maximum Gasteiger partial charge on any atom is 0.416 e. The number of hydrogen-bond donors (Lipinski definition) is 0. The summed E-state index contributed by atoms with van der Waals surface area (Å²) in [5, 5.41) is 11.3. The molecule has 7 heteroatoms. The monoisotopic (exact) mass is 321 g/mol. The molecule has 1 aromatic carbocycles. The number of hydrogen-bond acceptors (Lipinski definition) is 2. The zero-order valence-electron chi connectivity index (χ0n) is 8.92. The lowest BCUT2D eigenvalue weighted by molar-refractivity contribution is -0.385. The van der Waals surface area contributed by atoms with E-state index in [9.17, 15) is 23.3 Å². The molecule has 1 rings (SSSR count). The highest BCUT2D eigenvalue weighted by atomic mass is 79.9. The summed E-state index contributed by atoms with van der Waals surface area (Å²) in [6.07, 6.45) is -4.15. The van der Waals surface area contributed by atoms with Gasteiger partial charge in [0.2, 0.25) is 0 Å². The number of rotatable bonds is 2. The Morgan fingerprint density at radius 1 is 1.39 bits per heavy atom. The lowest BCUT2D eigenvalue weighted by Gasteiger charge is -2.06. The first-order valence-corrected chi connectivity index (χ1v) is 5.89. The highest BCUT2D eigenvalue weighted by molar-refractivity contribution is 9.09. The van der Waals surface area contributed by atoms with Gasteiger partial charge in [0.05, 0.1) is 10.5 Å². The topological polar surface area (TPSA) is 43.1 Å². The minimum absolute atomic E-state index is 0.0195. The second-order valence-corrected chi connectivity index (χ2v) is 4.02. The van der Waals surface area contributed by atoms with Crippen LogP contribution in [-0.4, -0.2) is 10.3 Å². The zero-order chi connectivity index (χ0) is 13.8. The van der Waals surface area contributed by atoms with E-state index in [2.05, 4.69) is 27.8 Å². The molecule has 0 aromatic heterocycles. The molecule has 0 saturated carbocycles. The van der Waals surface area contributed by atoms with Gasteiger partial charge in [-0.3, -0.25) is 10.1 Å². The number of benzene rings is 1.